The summed E-state index contributed by atoms with van der Waals surface area (Å²) in [7, 11) is 0. The molecule has 2 unspecified atom stereocenters. The molecule has 2 heteroatoms. The van der Waals surface area contributed by atoms with Crippen LogP contribution in [0.3, 0.4) is 0 Å². The molecular weight excluding hydrogens is 162 g/mol. The van der Waals surface area contributed by atoms with E-state index < -0.39 is 0 Å². The zero-order valence-electron chi connectivity index (χ0n) is 9.18. The molecule has 0 radical (unpaired) electrons. The zero-order valence-corrected chi connectivity index (χ0v) is 9.18. The minimum absolute atomic E-state index is 0.619. The molecular formula is C11H23NO. The van der Waals surface area contributed by atoms with Crippen molar-refractivity contribution in [2.45, 2.75) is 39.7 Å². The monoisotopic (exact) mass is 185 g/mol. The highest BCUT2D eigenvalue weighted by Crippen LogP contribution is 2.33. The number of nitrogens with one attached hydrogen (secondary N) is 1. The Balaban J connectivity index is 2.06. The SMILES string of the molecule is CCOCC1CCC1CNC(C)C. The third-order valence-electron chi connectivity index (χ3n) is 2.90. The topological polar surface area (TPSA) is 21.3 Å². The Morgan fingerprint density at radius 1 is 1.31 bits per heavy atom. The Kier molecular flexibility index (Phi) is 4.74. The molecule has 1 N–H and O–H groups in total. The average molecular weight is 185 g/mol. The van der Waals surface area contributed by atoms with Gasteiger partial charge in [-0.1, -0.05) is 13.8 Å². The van der Waals surface area contributed by atoms with Crippen LogP contribution in [0.1, 0.15) is 33.6 Å². The summed E-state index contributed by atoms with van der Waals surface area (Å²) in [6, 6.07) is 0.619. The van der Waals surface area contributed by atoms with Gasteiger partial charge in [0.05, 0.1) is 0 Å². The van der Waals surface area contributed by atoms with Gasteiger partial charge in [0.25, 0.3) is 0 Å². The van der Waals surface area contributed by atoms with E-state index in [0.717, 1.165) is 25.0 Å². The van der Waals surface area contributed by atoms with Gasteiger partial charge in [-0.2, -0.15) is 0 Å². The van der Waals surface area contributed by atoms with Gasteiger partial charge in [-0.15, -0.1) is 0 Å². The average Bonchev–Trinajstić information content (AvgIpc) is 2.03. The van der Waals surface area contributed by atoms with E-state index in [0.29, 0.717) is 6.04 Å². The first kappa shape index (κ1) is 11.0. The Bertz CT molecular complexity index is 136. The van der Waals surface area contributed by atoms with Gasteiger partial charge in [0.15, 0.2) is 0 Å². The van der Waals surface area contributed by atoms with Crippen LogP contribution in [-0.2, 0) is 4.74 Å². The van der Waals surface area contributed by atoms with E-state index >= 15 is 0 Å². The largest absolute Gasteiger partial charge is 0.381 e. The predicted octanol–water partition coefficient (Wildman–Crippen LogP) is 2.05. The fourth-order valence-electron chi connectivity index (χ4n) is 1.78. The molecule has 0 aromatic rings. The van der Waals surface area contributed by atoms with Gasteiger partial charge < -0.3 is 10.1 Å². The molecule has 1 aliphatic rings. The number of ether oxygens (including phenoxy) is 1. The molecule has 0 spiro atoms. The highest BCUT2D eigenvalue weighted by molar-refractivity contribution is 4.82. The fraction of sp³-hybridized carbons (Fsp3) is 1.00. The highest BCUT2D eigenvalue weighted by Gasteiger charge is 2.30. The van der Waals surface area contributed by atoms with Crippen molar-refractivity contribution < 1.29 is 4.74 Å². The van der Waals surface area contributed by atoms with Crippen LogP contribution in [0.15, 0.2) is 0 Å². The van der Waals surface area contributed by atoms with Crippen molar-refractivity contribution in [1.82, 2.24) is 5.32 Å². The third kappa shape index (κ3) is 3.65. The standard InChI is InChI=1S/C11H23NO/c1-4-13-8-11-6-5-10(11)7-12-9(2)3/h9-12H,4-8H2,1-3H3. The molecule has 0 aromatic heterocycles. The Hall–Kier alpha value is -0.0800. The Morgan fingerprint density at radius 3 is 2.46 bits per heavy atom. The van der Waals surface area contributed by atoms with E-state index in [1.165, 1.54) is 19.4 Å². The molecule has 0 aliphatic heterocycles. The summed E-state index contributed by atoms with van der Waals surface area (Å²) < 4.78 is 5.45. The maximum atomic E-state index is 5.45. The lowest BCUT2D eigenvalue weighted by atomic mass is 9.74. The summed E-state index contributed by atoms with van der Waals surface area (Å²) >= 11 is 0. The van der Waals surface area contributed by atoms with Gasteiger partial charge in [0, 0.05) is 19.3 Å². The molecule has 0 heterocycles. The van der Waals surface area contributed by atoms with Gasteiger partial charge >= 0.3 is 0 Å². The summed E-state index contributed by atoms with van der Waals surface area (Å²) in [5.74, 6) is 1.69. The first-order valence-electron chi connectivity index (χ1n) is 5.55. The maximum absolute atomic E-state index is 5.45. The van der Waals surface area contributed by atoms with E-state index in [-0.39, 0.29) is 0 Å². The molecule has 0 aromatic carbocycles. The van der Waals surface area contributed by atoms with Gasteiger partial charge in [-0.05, 0) is 38.1 Å². The van der Waals surface area contributed by atoms with Crippen LogP contribution in [0.2, 0.25) is 0 Å². The second kappa shape index (κ2) is 5.61. The van der Waals surface area contributed by atoms with Crippen molar-refractivity contribution in [2.24, 2.45) is 11.8 Å². The molecule has 13 heavy (non-hydrogen) atoms. The van der Waals surface area contributed by atoms with Crippen LogP contribution in [-0.4, -0.2) is 25.8 Å². The summed E-state index contributed by atoms with van der Waals surface area (Å²) in [5, 5.41) is 3.50. The van der Waals surface area contributed by atoms with Crippen molar-refractivity contribution in [3.05, 3.63) is 0 Å². The number of hydrogen-bond donors (Lipinski definition) is 1. The third-order valence-corrected chi connectivity index (χ3v) is 2.90. The normalized spacial score (nSPS) is 27.7. The van der Waals surface area contributed by atoms with E-state index in [1.54, 1.807) is 0 Å². The minimum atomic E-state index is 0.619. The molecule has 0 amide bonds. The molecule has 0 bridgehead atoms. The van der Waals surface area contributed by atoms with Crippen molar-refractivity contribution >= 4 is 0 Å². The Labute approximate surface area is 82.0 Å². The first-order chi connectivity index (χ1) is 6.24. The van der Waals surface area contributed by atoms with Crippen molar-refractivity contribution in [1.29, 1.82) is 0 Å². The summed E-state index contributed by atoms with van der Waals surface area (Å²) in [4.78, 5) is 0. The molecule has 0 saturated heterocycles. The predicted molar refractivity (Wildman–Crippen MR) is 55.8 cm³/mol. The number of hydrogen-bond acceptors (Lipinski definition) is 2. The lowest BCUT2D eigenvalue weighted by molar-refractivity contribution is 0.0371. The molecule has 1 saturated carbocycles. The maximum Gasteiger partial charge on any atom is 0.0497 e. The summed E-state index contributed by atoms with van der Waals surface area (Å²) in [5.41, 5.74) is 0. The van der Waals surface area contributed by atoms with Crippen molar-refractivity contribution in [2.75, 3.05) is 19.8 Å². The molecule has 1 rings (SSSR count). The van der Waals surface area contributed by atoms with Gasteiger partial charge in [0.1, 0.15) is 0 Å². The molecule has 1 fully saturated rings. The van der Waals surface area contributed by atoms with Crippen LogP contribution in [0.5, 0.6) is 0 Å². The second-order valence-corrected chi connectivity index (χ2v) is 4.32. The second-order valence-electron chi connectivity index (χ2n) is 4.32. The Morgan fingerprint density at radius 2 is 2.00 bits per heavy atom. The molecule has 1 aliphatic carbocycles. The summed E-state index contributed by atoms with van der Waals surface area (Å²) in [6.45, 7) is 9.49. The minimum Gasteiger partial charge on any atom is -0.381 e. The molecule has 78 valence electrons. The zero-order chi connectivity index (χ0) is 9.68. The van der Waals surface area contributed by atoms with Gasteiger partial charge in [-0.3, -0.25) is 0 Å². The van der Waals surface area contributed by atoms with Crippen LogP contribution >= 0.6 is 0 Å². The quantitative estimate of drug-likeness (QED) is 0.684. The van der Waals surface area contributed by atoms with Gasteiger partial charge in [0.2, 0.25) is 0 Å². The van der Waals surface area contributed by atoms with E-state index in [4.69, 9.17) is 4.74 Å². The van der Waals surface area contributed by atoms with Crippen LogP contribution in [0.25, 0.3) is 0 Å². The molecule has 2 nitrogen and oxygen atoms in total. The lowest BCUT2D eigenvalue weighted by Crippen LogP contribution is -2.39. The first-order valence-corrected chi connectivity index (χ1v) is 5.55. The van der Waals surface area contributed by atoms with Crippen molar-refractivity contribution in [3.63, 3.8) is 0 Å². The van der Waals surface area contributed by atoms with Crippen LogP contribution < -0.4 is 5.32 Å². The lowest BCUT2D eigenvalue weighted by Gasteiger charge is -2.37. The van der Waals surface area contributed by atoms with Crippen LogP contribution in [0.4, 0.5) is 0 Å². The smallest absolute Gasteiger partial charge is 0.0497 e. The summed E-state index contributed by atoms with van der Waals surface area (Å²) in [6.07, 6.45) is 2.75. The van der Waals surface area contributed by atoms with E-state index in [9.17, 15) is 0 Å². The van der Waals surface area contributed by atoms with Gasteiger partial charge in [-0.25, -0.2) is 0 Å². The number of rotatable bonds is 6. The van der Waals surface area contributed by atoms with E-state index in [2.05, 4.69) is 26.1 Å². The highest BCUT2D eigenvalue weighted by atomic mass is 16.5. The van der Waals surface area contributed by atoms with Crippen molar-refractivity contribution in [3.8, 4) is 0 Å². The molecule has 2 atom stereocenters. The van der Waals surface area contributed by atoms with E-state index in [1.807, 2.05) is 0 Å². The fourth-order valence-corrected chi connectivity index (χ4v) is 1.78. The van der Waals surface area contributed by atoms with Crippen LogP contribution in [0, 0.1) is 11.8 Å².